The molecule has 0 amide bonds. The van der Waals surface area contributed by atoms with Gasteiger partial charge in [0.25, 0.3) is 0 Å². The van der Waals surface area contributed by atoms with Gasteiger partial charge in [-0.15, -0.1) is 0 Å². The zero-order valence-corrected chi connectivity index (χ0v) is 7.64. The van der Waals surface area contributed by atoms with Crippen LogP contribution in [0, 0.1) is 18.3 Å². The number of nitrogens with zero attached hydrogens (tertiary/aromatic N) is 4. The van der Waals surface area contributed by atoms with Crippen LogP contribution in [0.5, 0.6) is 0 Å². The molecule has 0 radical (unpaired) electrons. The van der Waals surface area contributed by atoms with Crippen LogP contribution in [0.4, 0.5) is 0 Å². The standard InChI is InChI=1S/C9H8N4O/c1-7-2-9(12-14-7)6-13-5-8(3-10)4-11-13/h2,4-5H,6H2,1H3. The Kier molecular flexibility index (Phi) is 2.03. The predicted molar refractivity (Wildman–Crippen MR) is 47.3 cm³/mol. The molecule has 0 aliphatic rings. The lowest BCUT2D eigenvalue weighted by Crippen LogP contribution is -1.99. The first-order valence-corrected chi connectivity index (χ1v) is 4.12. The lowest BCUT2D eigenvalue weighted by molar-refractivity contribution is 0.387. The van der Waals surface area contributed by atoms with E-state index in [2.05, 4.69) is 10.3 Å². The molecule has 2 rings (SSSR count). The van der Waals surface area contributed by atoms with Gasteiger partial charge in [0.2, 0.25) is 0 Å². The first-order valence-electron chi connectivity index (χ1n) is 4.12. The Morgan fingerprint density at radius 1 is 1.64 bits per heavy atom. The minimum absolute atomic E-state index is 0.527. The van der Waals surface area contributed by atoms with Crippen molar-refractivity contribution in [3.05, 3.63) is 35.5 Å². The molecule has 0 bridgehead atoms. The van der Waals surface area contributed by atoms with E-state index < -0.39 is 0 Å². The monoisotopic (exact) mass is 188 g/mol. The van der Waals surface area contributed by atoms with Crippen molar-refractivity contribution in [1.82, 2.24) is 14.9 Å². The SMILES string of the molecule is Cc1cc(Cn2cc(C#N)cn2)no1. The Hall–Kier alpha value is -2.09. The van der Waals surface area contributed by atoms with Crippen LogP contribution in [0.3, 0.4) is 0 Å². The summed E-state index contributed by atoms with van der Waals surface area (Å²) in [6.45, 7) is 2.36. The molecule has 0 unspecified atom stereocenters. The van der Waals surface area contributed by atoms with Gasteiger partial charge >= 0.3 is 0 Å². The second-order valence-corrected chi connectivity index (χ2v) is 2.97. The molecule has 0 atom stereocenters. The Labute approximate surface area is 80.5 Å². The van der Waals surface area contributed by atoms with E-state index in [9.17, 15) is 0 Å². The van der Waals surface area contributed by atoms with E-state index in [0.29, 0.717) is 12.1 Å². The van der Waals surface area contributed by atoms with Crippen molar-refractivity contribution < 1.29 is 4.52 Å². The van der Waals surface area contributed by atoms with Crippen molar-refractivity contribution >= 4 is 0 Å². The van der Waals surface area contributed by atoms with Gasteiger partial charge in [-0.3, -0.25) is 4.68 Å². The van der Waals surface area contributed by atoms with Gasteiger partial charge < -0.3 is 4.52 Å². The summed E-state index contributed by atoms with van der Waals surface area (Å²) in [7, 11) is 0. The van der Waals surface area contributed by atoms with Crippen molar-refractivity contribution in [3.63, 3.8) is 0 Å². The maximum Gasteiger partial charge on any atom is 0.133 e. The van der Waals surface area contributed by atoms with Gasteiger partial charge in [-0.25, -0.2) is 0 Å². The quantitative estimate of drug-likeness (QED) is 0.707. The fourth-order valence-corrected chi connectivity index (χ4v) is 1.17. The van der Waals surface area contributed by atoms with Gasteiger partial charge in [0, 0.05) is 12.3 Å². The molecule has 0 spiro atoms. The molecule has 0 aliphatic carbocycles. The summed E-state index contributed by atoms with van der Waals surface area (Å²) in [5.41, 5.74) is 1.35. The first kappa shape index (κ1) is 8.51. The smallest absolute Gasteiger partial charge is 0.133 e. The number of hydrogen-bond acceptors (Lipinski definition) is 4. The Morgan fingerprint density at radius 2 is 2.50 bits per heavy atom. The average molecular weight is 188 g/mol. The van der Waals surface area contributed by atoms with Crippen LogP contribution in [0.25, 0.3) is 0 Å². The summed E-state index contributed by atoms with van der Waals surface area (Å²) >= 11 is 0. The second kappa shape index (κ2) is 3.34. The number of hydrogen-bond donors (Lipinski definition) is 0. The van der Waals surface area contributed by atoms with E-state index in [-0.39, 0.29) is 0 Å². The molecule has 0 saturated heterocycles. The van der Waals surface area contributed by atoms with Crippen molar-refractivity contribution in [1.29, 1.82) is 5.26 Å². The highest BCUT2D eigenvalue weighted by Gasteiger charge is 2.02. The molecule has 0 aliphatic heterocycles. The van der Waals surface area contributed by atoms with E-state index in [4.69, 9.17) is 9.78 Å². The first-order chi connectivity index (χ1) is 6.78. The maximum absolute atomic E-state index is 8.58. The Bertz CT molecular complexity index is 477. The van der Waals surface area contributed by atoms with E-state index in [1.165, 1.54) is 6.20 Å². The van der Waals surface area contributed by atoms with Gasteiger partial charge in [0.05, 0.1) is 18.3 Å². The van der Waals surface area contributed by atoms with Crippen LogP contribution in [0.15, 0.2) is 23.0 Å². The van der Waals surface area contributed by atoms with E-state index >= 15 is 0 Å². The van der Waals surface area contributed by atoms with Crippen LogP contribution in [-0.4, -0.2) is 14.9 Å². The Balaban J connectivity index is 2.15. The highest BCUT2D eigenvalue weighted by atomic mass is 16.5. The minimum Gasteiger partial charge on any atom is -0.361 e. The Morgan fingerprint density at radius 3 is 3.07 bits per heavy atom. The lowest BCUT2D eigenvalue weighted by atomic mass is 10.4. The molecule has 5 nitrogen and oxygen atoms in total. The summed E-state index contributed by atoms with van der Waals surface area (Å²) in [5.74, 6) is 0.771. The third kappa shape index (κ3) is 1.64. The normalized spacial score (nSPS) is 10.0. The summed E-state index contributed by atoms with van der Waals surface area (Å²) in [5, 5.41) is 16.4. The molecule has 0 fully saturated rings. The zero-order chi connectivity index (χ0) is 9.97. The van der Waals surface area contributed by atoms with Gasteiger partial charge in [0.15, 0.2) is 0 Å². The average Bonchev–Trinajstić information content (AvgIpc) is 2.76. The molecular weight excluding hydrogens is 180 g/mol. The maximum atomic E-state index is 8.58. The summed E-state index contributed by atoms with van der Waals surface area (Å²) < 4.78 is 6.56. The fourth-order valence-electron chi connectivity index (χ4n) is 1.17. The molecule has 2 aromatic heterocycles. The van der Waals surface area contributed by atoms with E-state index in [1.807, 2.05) is 19.1 Å². The van der Waals surface area contributed by atoms with Gasteiger partial charge in [-0.05, 0) is 6.92 Å². The highest BCUT2D eigenvalue weighted by Crippen LogP contribution is 2.04. The number of nitriles is 1. The zero-order valence-electron chi connectivity index (χ0n) is 7.64. The largest absolute Gasteiger partial charge is 0.361 e. The van der Waals surface area contributed by atoms with Crippen molar-refractivity contribution in [3.8, 4) is 6.07 Å². The topological polar surface area (TPSA) is 67.6 Å². The van der Waals surface area contributed by atoms with Crippen LogP contribution in [-0.2, 0) is 6.54 Å². The van der Waals surface area contributed by atoms with Crippen molar-refractivity contribution in [2.24, 2.45) is 0 Å². The molecule has 5 heteroatoms. The van der Waals surface area contributed by atoms with Gasteiger partial charge in [-0.2, -0.15) is 10.4 Å². The lowest BCUT2D eigenvalue weighted by Gasteiger charge is -1.93. The van der Waals surface area contributed by atoms with E-state index in [1.54, 1.807) is 10.9 Å². The van der Waals surface area contributed by atoms with Crippen molar-refractivity contribution in [2.75, 3.05) is 0 Å². The third-order valence-corrected chi connectivity index (χ3v) is 1.76. The van der Waals surface area contributed by atoms with E-state index in [0.717, 1.165) is 11.5 Å². The summed E-state index contributed by atoms with van der Waals surface area (Å²) in [6, 6.07) is 3.85. The van der Waals surface area contributed by atoms with Crippen molar-refractivity contribution in [2.45, 2.75) is 13.5 Å². The fraction of sp³-hybridized carbons (Fsp3) is 0.222. The molecule has 2 heterocycles. The number of rotatable bonds is 2. The van der Waals surface area contributed by atoms with Gasteiger partial charge in [0.1, 0.15) is 17.5 Å². The molecule has 0 N–H and O–H groups in total. The second-order valence-electron chi connectivity index (χ2n) is 2.97. The number of aromatic nitrogens is 3. The molecule has 14 heavy (non-hydrogen) atoms. The molecular formula is C9H8N4O. The van der Waals surface area contributed by atoms with Crippen LogP contribution < -0.4 is 0 Å². The predicted octanol–water partition coefficient (Wildman–Crippen LogP) is 1.10. The van der Waals surface area contributed by atoms with Gasteiger partial charge in [-0.1, -0.05) is 5.16 Å². The molecule has 70 valence electrons. The number of aryl methyl sites for hydroxylation is 1. The summed E-state index contributed by atoms with van der Waals surface area (Å²) in [4.78, 5) is 0. The third-order valence-electron chi connectivity index (χ3n) is 1.76. The van der Waals surface area contributed by atoms with Crippen LogP contribution in [0.2, 0.25) is 0 Å². The summed E-state index contributed by atoms with van der Waals surface area (Å²) in [6.07, 6.45) is 3.19. The molecule has 2 aromatic rings. The minimum atomic E-state index is 0.527. The molecule has 0 saturated carbocycles. The highest BCUT2D eigenvalue weighted by molar-refractivity contribution is 5.22. The van der Waals surface area contributed by atoms with Crippen LogP contribution >= 0.6 is 0 Å². The molecule has 0 aromatic carbocycles. The van der Waals surface area contributed by atoms with Crippen LogP contribution in [0.1, 0.15) is 17.0 Å².